The van der Waals surface area contributed by atoms with E-state index in [1.54, 1.807) is 0 Å². The molecule has 1 aromatic rings. The van der Waals surface area contributed by atoms with Crippen LogP contribution in [0.2, 0.25) is 0 Å². The molecule has 0 bridgehead atoms. The lowest BCUT2D eigenvalue weighted by atomic mass is 9.97. The van der Waals surface area contributed by atoms with Gasteiger partial charge in [-0.05, 0) is 58.2 Å². The SMILES string of the molecule is CCNC(=NCCCCN1CCN(CC)CC1)NC1CCN(Cc2ccccc2)C(C)C1.I. The first-order valence-corrected chi connectivity index (χ1v) is 13.0. The summed E-state index contributed by atoms with van der Waals surface area (Å²) in [7, 11) is 0. The van der Waals surface area contributed by atoms with Crippen molar-refractivity contribution in [3.8, 4) is 0 Å². The van der Waals surface area contributed by atoms with Crippen molar-refractivity contribution in [1.29, 1.82) is 0 Å². The normalized spacial score (nSPS) is 23.2. The maximum atomic E-state index is 4.88. The average molecular weight is 571 g/mol. The highest BCUT2D eigenvalue weighted by Crippen LogP contribution is 2.20. The second kappa shape index (κ2) is 15.9. The summed E-state index contributed by atoms with van der Waals surface area (Å²) in [6.07, 6.45) is 4.74. The van der Waals surface area contributed by atoms with Crippen LogP contribution in [-0.4, -0.2) is 91.6 Å². The minimum Gasteiger partial charge on any atom is -0.357 e. The molecule has 2 heterocycles. The Hall–Kier alpha value is -0.900. The highest BCUT2D eigenvalue weighted by molar-refractivity contribution is 14.0. The lowest BCUT2D eigenvalue weighted by molar-refractivity contribution is 0.134. The summed E-state index contributed by atoms with van der Waals surface area (Å²) < 4.78 is 0. The van der Waals surface area contributed by atoms with Gasteiger partial charge in [0.1, 0.15) is 0 Å². The van der Waals surface area contributed by atoms with Crippen molar-refractivity contribution in [3.63, 3.8) is 0 Å². The van der Waals surface area contributed by atoms with E-state index >= 15 is 0 Å². The van der Waals surface area contributed by atoms with E-state index in [2.05, 4.69) is 76.4 Å². The summed E-state index contributed by atoms with van der Waals surface area (Å²) in [5.41, 5.74) is 1.41. The molecule has 0 saturated carbocycles. The van der Waals surface area contributed by atoms with E-state index in [0.29, 0.717) is 12.1 Å². The Morgan fingerprint density at radius 1 is 1.00 bits per heavy atom. The third kappa shape index (κ3) is 10.1. The number of nitrogens with one attached hydrogen (secondary N) is 2. The van der Waals surface area contributed by atoms with E-state index in [4.69, 9.17) is 4.99 Å². The van der Waals surface area contributed by atoms with Gasteiger partial charge in [0.25, 0.3) is 0 Å². The number of nitrogens with zero attached hydrogens (tertiary/aromatic N) is 4. The number of guanidine groups is 1. The molecule has 0 aromatic heterocycles. The highest BCUT2D eigenvalue weighted by atomic mass is 127. The van der Waals surface area contributed by atoms with Crippen molar-refractivity contribution in [2.45, 2.75) is 65.1 Å². The first-order chi connectivity index (χ1) is 15.7. The number of unbranched alkanes of at least 4 members (excludes halogenated alkanes) is 1. The summed E-state index contributed by atoms with van der Waals surface area (Å²) in [5.74, 6) is 0.998. The minimum absolute atomic E-state index is 0. The topological polar surface area (TPSA) is 46.1 Å². The molecule has 0 radical (unpaired) electrons. The third-order valence-electron chi connectivity index (χ3n) is 6.99. The maximum absolute atomic E-state index is 4.88. The molecule has 6 nitrogen and oxygen atoms in total. The number of rotatable bonds is 10. The van der Waals surface area contributed by atoms with Crippen LogP contribution in [0.3, 0.4) is 0 Å². The standard InChI is InChI=1S/C26H46N6.HI/c1-4-27-26(28-14-9-10-15-31-19-17-30(5-2)18-20-31)29-25-13-16-32(23(3)21-25)22-24-11-7-6-8-12-24;/h6-8,11-12,23,25H,4-5,9-10,13-22H2,1-3H3,(H2,27,28,29);1H. The zero-order chi connectivity index (χ0) is 22.6. The molecule has 7 heteroatoms. The van der Waals surface area contributed by atoms with Crippen LogP contribution in [0.4, 0.5) is 0 Å². The van der Waals surface area contributed by atoms with Crippen LogP contribution in [0.15, 0.2) is 35.3 Å². The van der Waals surface area contributed by atoms with E-state index < -0.39 is 0 Å². The molecule has 1 aromatic carbocycles. The van der Waals surface area contributed by atoms with Gasteiger partial charge in [0.05, 0.1) is 0 Å². The van der Waals surface area contributed by atoms with Crippen LogP contribution in [0.25, 0.3) is 0 Å². The second-order valence-electron chi connectivity index (χ2n) is 9.41. The molecule has 0 amide bonds. The molecule has 2 aliphatic rings. The van der Waals surface area contributed by atoms with Gasteiger partial charge in [0, 0.05) is 64.4 Å². The Morgan fingerprint density at radius 3 is 2.39 bits per heavy atom. The van der Waals surface area contributed by atoms with E-state index in [-0.39, 0.29) is 24.0 Å². The maximum Gasteiger partial charge on any atom is 0.191 e. The van der Waals surface area contributed by atoms with Gasteiger partial charge in [-0.25, -0.2) is 0 Å². The van der Waals surface area contributed by atoms with Crippen LogP contribution in [0, 0.1) is 0 Å². The quantitative estimate of drug-likeness (QED) is 0.195. The number of benzene rings is 1. The molecule has 0 spiro atoms. The zero-order valence-electron chi connectivity index (χ0n) is 21.1. The molecule has 2 aliphatic heterocycles. The molecule has 188 valence electrons. The molecular formula is C26H47IN6. The molecule has 0 aliphatic carbocycles. The van der Waals surface area contributed by atoms with Gasteiger partial charge in [0.15, 0.2) is 5.96 Å². The van der Waals surface area contributed by atoms with Crippen molar-refractivity contribution in [3.05, 3.63) is 35.9 Å². The molecule has 2 unspecified atom stereocenters. The van der Waals surface area contributed by atoms with Gasteiger partial charge in [0.2, 0.25) is 0 Å². The average Bonchev–Trinajstić information content (AvgIpc) is 2.82. The Kier molecular flexibility index (Phi) is 13.7. The summed E-state index contributed by atoms with van der Waals surface area (Å²) >= 11 is 0. The van der Waals surface area contributed by atoms with Gasteiger partial charge < -0.3 is 20.4 Å². The van der Waals surface area contributed by atoms with Crippen molar-refractivity contribution in [2.24, 2.45) is 4.99 Å². The molecule has 2 atom stereocenters. The fourth-order valence-electron chi connectivity index (χ4n) is 4.89. The van der Waals surface area contributed by atoms with Gasteiger partial charge in [-0.15, -0.1) is 24.0 Å². The van der Waals surface area contributed by atoms with Gasteiger partial charge in [-0.1, -0.05) is 37.3 Å². The Bertz CT molecular complexity index is 662. The number of likely N-dealkylation sites (N-methyl/N-ethyl adjacent to an activating group) is 1. The molecule has 33 heavy (non-hydrogen) atoms. The van der Waals surface area contributed by atoms with Crippen LogP contribution in [0.5, 0.6) is 0 Å². The summed E-state index contributed by atoms with van der Waals surface area (Å²) in [6.45, 7) is 18.1. The van der Waals surface area contributed by atoms with Crippen molar-refractivity contribution in [2.75, 3.05) is 58.9 Å². The largest absolute Gasteiger partial charge is 0.357 e. The van der Waals surface area contributed by atoms with Crippen LogP contribution in [0.1, 0.15) is 52.0 Å². The zero-order valence-corrected chi connectivity index (χ0v) is 23.5. The Labute approximate surface area is 219 Å². The third-order valence-corrected chi connectivity index (χ3v) is 6.99. The van der Waals surface area contributed by atoms with Crippen molar-refractivity contribution >= 4 is 29.9 Å². The van der Waals surface area contributed by atoms with Crippen molar-refractivity contribution in [1.82, 2.24) is 25.3 Å². The minimum atomic E-state index is 0. The highest BCUT2D eigenvalue weighted by Gasteiger charge is 2.26. The summed E-state index contributed by atoms with van der Waals surface area (Å²) in [5, 5.41) is 7.18. The number of likely N-dealkylation sites (tertiary alicyclic amines) is 1. The summed E-state index contributed by atoms with van der Waals surface area (Å²) in [4.78, 5) is 12.6. The Balaban J connectivity index is 0.00000385. The summed E-state index contributed by atoms with van der Waals surface area (Å²) in [6, 6.07) is 11.9. The number of hydrogen-bond donors (Lipinski definition) is 2. The smallest absolute Gasteiger partial charge is 0.191 e. The lowest BCUT2D eigenvalue weighted by Gasteiger charge is -2.38. The first kappa shape index (κ1) is 28.3. The molecule has 3 rings (SSSR count). The second-order valence-corrected chi connectivity index (χ2v) is 9.41. The van der Waals surface area contributed by atoms with Gasteiger partial charge in [-0.3, -0.25) is 9.89 Å². The number of halogens is 1. The number of piperazine rings is 1. The fraction of sp³-hybridized carbons (Fsp3) is 0.731. The molecule has 2 fully saturated rings. The number of piperidine rings is 1. The molecular weight excluding hydrogens is 523 g/mol. The van der Waals surface area contributed by atoms with Crippen LogP contribution >= 0.6 is 24.0 Å². The van der Waals surface area contributed by atoms with E-state index in [0.717, 1.165) is 38.6 Å². The number of hydrogen-bond acceptors (Lipinski definition) is 4. The van der Waals surface area contributed by atoms with E-state index in [1.807, 2.05) is 0 Å². The Morgan fingerprint density at radius 2 is 1.73 bits per heavy atom. The number of aliphatic imine (C=N–C) groups is 1. The van der Waals surface area contributed by atoms with Crippen LogP contribution in [-0.2, 0) is 6.54 Å². The van der Waals surface area contributed by atoms with E-state index in [1.165, 1.54) is 64.1 Å². The molecule has 2 N–H and O–H groups in total. The predicted octanol–water partition coefficient (Wildman–Crippen LogP) is 3.63. The lowest BCUT2D eigenvalue weighted by Crippen LogP contribution is -2.51. The van der Waals surface area contributed by atoms with E-state index in [9.17, 15) is 0 Å². The first-order valence-electron chi connectivity index (χ1n) is 13.0. The van der Waals surface area contributed by atoms with Gasteiger partial charge >= 0.3 is 0 Å². The van der Waals surface area contributed by atoms with Crippen LogP contribution < -0.4 is 10.6 Å². The van der Waals surface area contributed by atoms with Crippen molar-refractivity contribution < 1.29 is 0 Å². The van der Waals surface area contributed by atoms with Gasteiger partial charge in [-0.2, -0.15) is 0 Å². The fourth-order valence-corrected chi connectivity index (χ4v) is 4.89. The monoisotopic (exact) mass is 570 g/mol. The molecule has 2 saturated heterocycles. The predicted molar refractivity (Wildman–Crippen MR) is 152 cm³/mol.